The first kappa shape index (κ1) is 23.7. The zero-order valence-electron chi connectivity index (χ0n) is 20.5. The van der Waals surface area contributed by atoms with Crippen LogP contribution in [0.25, 0.3) is 10.8 Å². The summed E-state index contributed by atoms with van der Waals surface area (Å²) in [5, 5.41) is 12.1. The Morgan fingerprint density at radius 3 is 2.35 bits per heavy atom. The summed E-state index contributed by atoms with van der Waals surface area (Å²) in [6.45, 7) is 3.59. The van der Waals surface area contributed by atoms with E-state index >= 15 is 0 Å². The Kier molecular flexibility index (Phi) is 5.06. The van der Waals surface area contributed by atoms with Crippen molar-refractivity contribution in [3.05, 3.63) is 87.1 Å². The lowest BCUT2D eigenvalue weighted by atomic mass is 9.38. The normalized spacial score (nSPS) is 23.1. The number of benzene rings is 2. The van der Waals surface area contributed by atoms with Gasteiger partial charge in [0.05, 0.1) is 16.6 Å². The molecule has 0 aliphatic heterocycles. The molecule has 4 aromatic rings. The third-order valence-corrected chi connectivity index (χ3v) is 8.08. The van der Waals surface area contributed by atoms with E-state index in [1.807, 2.05) is 23.9 Å². The lowest BCUT2D eigenvalue weighted by Crippen LogP contribution is -2.71. The number of alkyl halides is 2. The van der Waals surface area contributed by atoms with E-state index in [1.54, 1.807) is 18.5 Å². The molecule has 6 nitrogen and oxygen atoms in total. The van der Waals surface area contributed by atoms with Crippen molar-refractivity contribution in [1.82, 2.24) is 19.6 Å². The van der Waals surface area contributed by atoms with Crippen molar-refractivity contribution in [2.24, 2.45) is 7.05 Å². The highest BCUT2D eigenvalue weighted by Gasteiger charge is 2.71. The predicted octanol–water partition coefficient (Wildman–Crippen LogP) is 5.66. The SMILES string of the molecule is Cc1cn(C23CC(c4cc5c([C@@H](C)Nc6ccc(F)cc6C(F)F)cc(F)cc5c(=O)n4C)(C2)C3)nn1. The molecule has 0 radical (unpaired) electrons. The van der Waals surface area contributed by atoms with Crippen LogP contribution in [0.1, 0.15) is 61.2 Å². The quantitative estimate of drug-likeness (QED) is 0.340. The highest BCUT2D eigenvalue weighted by Crippen LogP contribution is 2.71. The molecule has 3 saturated carbocycles. The maximum Gasteiger partial charge on any atom is 0.265 e. The molecule has 37 heavy (non-hydrogen) atoms. The first-order valence-electron chi connectivity index (χ1n) is 12.1. The second-order valence-corrected chi connectivity index (χ2v) is 10.6. The highest BCUT2D eigenvalue weighted by atomic mass is 19.3. The van der Waals surface area contributed by atoms with Gasteiger partial charge in [0.2, 0.25) is 0 Å². The van der Waals surface area contributed by atoms with E-state index in [0.717, 1.165) is 42.8 Å². The second kappa shape index (κ2) is 7.90. The van der Waals surface area contributed by atoms with Gasteiger partial charge in [-0.15, -0.1) is 5.10 Å². The van der Waals surface area contributed by atoms with Crippen LogP contribution in [0.3, 0.4) is 0 Å². The Balaban J connectivity index is 1.40. The predicted molar refractivity (Wildman–Crippen MR) is 131 cm³/mol. The molecular weight excluding hydrogens is 486 g/mol. The molecule has 1 atom stereocenters. The zero-order valence-corrected chi connectivity index (χ0v) is 20.5. The summed E-state index contributed by atoms with van der Waals surface area (Å²) in [6.07, 6.45) is 1.50. The van der Waals surface area contributed by atoms with Gasteiger partial charge in [-0.05, 0) is 80.5 Å². The minimum absolute atomic E-state index is 0.0508. The van der Waals surface area contributed by atoms with Crippen LogP contribution >= 0.6 is 0 Å². The third-order valence-electron chi connectivity index (χ3n) is 8.08. The van der Waals surface area contributed by atoms with Crippen molar-refractivity contribution >= 4 is 16.5 Å². The minimum Gasteiger partial charge on any atom is -0.378 e. The van der Waals surface area contributed by atoms with E-state index in [-0.39, 0.29) is 27.6 Å². The number of nitrogens with zero attached hydrogens (tertiary/aromatic N) is 4. The Morgan fingerprint density at radius 2 is 1.70 bits per heavy atom. The molecule has 192 valence electrons. The smallest absolute Gasteiger partial charge is 0.265 e. The molecule has 7 rings (SSSR count). The fourth-order valence-corrected chi connectivity index (χ4v) is 6.35. The average Bonchev–Trinajstić information content (AvgIpc) is 3.22. The molecule has 2 heterocycles. The van der Waals surface area contributed by atoms with E-state index in [2.05, 4.69) is 15.6 Å². The van der Waals surface area contributed by atoms with Gasteiger partial charge in [0.25, 0.3) is 12.0 Å². The van der Waals surface area contributed by atoms with Gasteiger partial charge in [0.15, 0.2) is 0 Å². The first-order chi connectivity index (χ1) is 17.5. The van der Waals surface area contributed by atoms with Gasteiger partial charge >= 0.3 is 0 Å². The number of hydrogen-bond acceptors (Lipinski definition) is 4. The number of aromatic nitrogens is 4. The minimum atomic E-state index is -2.89. The number of nitrogens with one attached hydrogen (secondary N) is 1. The largest absolute Gasteiger partial charge is 0.378 e. The van der Waals surface area contributed by atoms with E-state index in [1.165, 1.54) is 18.2 Å². The Morgan fingerprint density at radius 1 is 1.00 bits per heavy atom. The van der Waals surface area contributed by atoms with Crippen molar-refractivity contribution in [1.29, 1.82) is 0 Å². The van der Waals surface area contributed by atoms with Gasteiger partial charge in [-0.3, -0.25) is 4.79 Å². The maximum atomic E-state index is 14.7. The molecule has 0 amide bonds. The number of halogens is 4. The number of rotatable bonds is 6. The van der Waals surface area contributed by atoms with Crippen LogP contribution in [0.2, 0.25) is 0 Å². The van der Waals surface area contributed by atoms with Gasteiger partial charge in [-0.2, -0.15) is 0 Å². The van der Waals surface area contributed by atoms with Crippen LogP contribution in [0, 0.1) is 18.6 Å². The summed E-state index contributed by atoms with van der Waals surface area (Å²) in [5.74, 6) is -1.37. The van der Waals surface area contributed by atoms with Gasteiger partial charge < -0.3 is 9.88 Å². The summed E-state index contributed by atoms with van der Waals surface area (Å²) in [6, 6.07) is 6.93. The molecule has 2 bridgehead atoms. The van der Waals surface area contributed by atoms with Crippen LogP contribution in [-0.4, -0.2) is 19.6 Å². The average molecular weight is 512 g/mol. The van der Waals surface area contributed by atoms with Crippen LogP contribution in [0.5, 0.6) is 0 Å². The molecule has 0 spiro atoms. The number of anilines is 1. The van der Waals surface area contributed by atoms with Crippen molar-refractivity contribution < 1.29 is 17.6 Å². The topological polar surface area (TPSA) is 64.7 Å². The fraction of sp³-hybridized carbons (Fsp3) is 0.370. The molecule has 3 aliphatic rings. The summed E-state index contributed by atoms with van der Waals surface area (Å²) in [5.41, 5.74) is 1.14. The number of pyridine rings is 1. The first-order valence-corrected chi connectivity index (χ1v) is 12.1. The second-order valence-electron chi connectivity index (χ2n) is 10.6. The van der Waals surface area contributed by atoms with Crippen molar-refractivity contribution in [3.8, 4) is 0 Å². The standard InChI is InChI=1S/C27H25F4N5O/c1-14-10-36(34-33-14)27-11-26(12-27,13-27)23-9-19-18(7-17(29)8-20(19)25(37)35(23)3)15(2)32-22-5-4-16(28)6-21(22)24(30)31/h4-10,15,24,32H,11-13H2,1-3H3/t15-,26?,27?/m1/s1. The van der Waals surface area contributed by atoms with Gasteiger partial charge in [-0.25, -0.2) is 22.2 Å². The third kappa shape index (κ3) is 3.48. The van der Waals surface area contributed by atoms with Crippen LogP contribution in [0.4, 0.5) is 23.2 Å². The number of hydrogen-bond donors (Lipinski definition) is 1. The van der Waals surface area contributed by atoms with E-state index < -0.39 is 29.7 Å². The Labute approximate surface area is 209 Å². The van der Waals surface area contributed by atoms with Gasteiger partial charge in [0.1, 0.15) is 11.6 Å². The van der Waals surface area contributed by atoms with E-state index in [4.69, 9.17) is 0 Å². The monoisotopic (exact) mass is 511 g/mol. The van der Waals surface area contributed by atoms with Crippen LogP contribution in [-0.2, 0) is 18.0 Å². The van der Waals surface area contributed by atoms with Gasteiger partial charge in [0, 0.05) is 41.6 Å². The lowest BCUT2D eigenvalue weighted by Gasteiger charge is -2.70. The lowest BCUT2D eigenvalue weighted by molar-refractivity contribution is -0.137. The highest BCUT2D eigenvalue weighted by molar-refractivity contribution is 5.86. The van der Waals surface area contributed by atoms with Crippen molar-refractivity contribution in [2.75, 3.05) is 5.32 Å². The van der Waals surface area contributed by atoms with Crippen molar-refractivity contribution in [2.45, 2.75) is 56.5 Å². The Hall–Kier alpha value is -3.69. The molecule has 10 heteroatoms. The summed E-state index contributed by atoms with van der Waals surface area (Å²) in [4.78, 5) is 13.4. The van der Waals surface area contributed by atoms with Crippen LogP contribution in [0.15, 0.2) is 47.4 Å². The molecule has 1 N–H and O–H groups in total. The van der Waals surface area contributed by atoms with Crippen molar-refractivity contribution in [3.63, 3.8) is 0 Å². The summed E-state index contributed by atoms with van der Waals surface area (Å²) < 4.78 is 58.9. The summed E-state index contributed by atoms with van der Waals surface area (Å²) in [7, 11) is 1.70. The zero-order chi connectivity index (χ0) is 26.3. The molecule has 0 unspecified atom stereocenters. The number of aryl methyl sites for hydroxylation is 1. The van der Waals surface area contributed by atoms with E-state index in [0.29, 0.717) is 10.9 Å². The molecular formula is C27H25F4N5O. The van der Waals surface area contributed by atoms with Gasteiger partial charge in [-0.1, -0.05) is 5.21 Å². The molecule has 3 aliphatic carbocycles. The molecule has 2 aromatic carbocycles. The van der Waals surface area contributed by atoms with E-state index in [9.17, 15) is 22.4 Å². The molecule has 2 aromatic heterocycles. The maximum absolute atomic E-state index is 14.7. The van der Waals surface area contributed by atoms with Crippen LogP contribution < -0.4 is 10.9 Å². The number of fused-ring (bicyclic) bond motifs is 1. The fourth-order valence-electron chi connectivity index (χ4n) is 6.35. The molecule has 0 saturated heterocycles. The molecule has 3 fully saturated rings. The Bertz CT molecular complexity index is 1610. The summed E-state index contributed by atoms with van der Waals surface area (Å²) >= 11 is 0.